The Hall–Kier alpha value is -2.95. The smallest absolute Gasteiger partial charge is 0.265 e. The van der Waals surface area contributed by atoms with Crippen molar-refractivity contribution in [1.29, 1.82) is 0 Å². The van der Waals surface area contributed by atoms with Gasteiger partial charge in [-0.3, -0.25) is 19.4 Å². The van der Waals surface area contributed by atoms with Crippen LogP contribution in [0.4, 0.5) is 5.69 Å². The molecule has 38 heavy (non-hydrogen) atoms. The van der Waals surface area contributed by atoms with E-state index in [9.17, 15) is 18.0 Å². The number of carbonyl (C=O) groups excluding carboxylic acids is 2. The summed E-state index contributed by atoms with van der Waals surface area (Å²) in [5.74, 6) is -0.312. The Morgan fingerprint density at radius 2 is 1.74 bits per heavy atom. The van der Waals surface area contributed by atoms with E-state index in [0.29, 0.717) is 31.1 Å². The van der Waals surface area contributed by atoms with Crippen molar-refractivity contribution in [3.63, 3.8) is 0 Å². The Morgan fingerprint density at radius 3 is 2.42 bits per heavy atom. The monoisotopic (exact) mass is 544 g/mol. The Kier molecular flexibility index (Phi) is 11.1. The van der Waals surface area contributed by atoms with Crippen LogP contribution in [0.2, 0.25) is 0 Å². The third-order valence-corrected chi connectivity index (χ3v) is 8.61. The average Bonchev–Trinajstić information content (AvgIpc) is 2.92. The summed E-state index contributed by atoms with van der Waals surface area (Å²) in [6.45, 7) is 9.18. The second-order valence-electron chi connectivity index (χ2n) is 9.31. The molecule has 10 heteroatoms. The van der Waals surface area contributed by atoms with Crippen molar-refractivity contribution in [3.05, 3.63) is 54.1 Å². The van der Waals surface area contributed by atoms with Gasteiger partial charge in [0.2, 0.25) is 15.9 Å². The van der Waals surface area contributed by atoms with Crippen LogP contribution in [0, 0.1) is 0 Å². The van der Waals surface area contributed by atoms with E-state index in [0.717, 1.165) is 38.9 Å². The molecule has 208 valence electrons. The summed E-state index contributed by atoms with van der Waals surface area (Å²) in [5, 5.41) is 2.91. The summed E-state index contributed by atoms with van der Waals surface area (Å²) in [7, 11) is -3.72. The van der Waals surface area contributed by atoms with Gasteiger partial charge in [-0.1, -0.05) is 57.5 Å². The largest absolute Gasteiger partial charge is 0.482 e. The maximum atomic E-state index is 13.0. The molecule has 0 aliphatic carbocycles. The summed E-state index contributed by atoms with van der Waals surface area (Å²) >= 11 is 0. The first-order chi connectivity index (χ1) is 18.3. The molecule has 3 rings (SSSR count). The van der Waals surface area contributed by atoms with Crippen molar-refractivity contribution in [2.75, 3.05) is 50.8 Å². The lowest BCUT2D eigenvalue weighted by atomic mass is 10.2. The number of benzene rings is 2. The fraction of sp³-hybridized carbons (Fsp3) is 0.500. The first-order valence-corrected chi connectivity index (χ1v) is 14.8. The van der Waals surface area contributed by atoms with Gasteiger partial charge in [0.15, 0.2) is 6.61 Å². The second kappa shape index (κ2) is 14.3. The molecule has 1 N–H and O–H groups in total. The lowest BCUT2D eigenvalue weighted by Crippen LogP contribution is -2.45. The van der Waals surface area contributed by atoms with Crippen LogP contribution in [0.1, 0.15) is 45.6 Å². The number of anilines is 1. The van der Waals surface area contributed by atoms with E-state index in [1.807, 2.05) is 18.2 Å². The number of hydrogen-bond acceptors (Lipinski definition) is 6. The highest BCUT2D eigenvalue weighted by Gasteiger charge is 2.30. The quantitative estimate of drug-likeness (QED) is 0.346. The van der Waals surface area contributed by atoms with Gasteiger partial charge < -0.3 is 10.1 Å². The molecule has 2 aromatic rings. The molecule has 0 saturated carbocycles. The Labute approximate surface area is 226 Å². The van der Waals surface area contributed by atoms with Crippen molar-refractivity contribution < 1.29 is 22.7 Å². The summed E-state index contributed by atoms with van der Waals surface area (Å²) in [6.07, 6.45) is 3.01. The fourth-order valence-electron chi connectivity index (χ4n) is 4.45. The number of sulfonamides is 1. The van der Waals surface area contributed by atoms with Crippen molar-refractivity contribution in [2.24, 2.45) is 0 Å². The topological polar surface area (TPSA) is 99.3 Å². The summed E-state index contributed by atoms with van der Waals surface area (Å²) in [4.78, 5) is 29.2. The number of carbonyl (C=O) groups is 2. The van der Waals surface area contributed by atoms with Gasteiger partial charge in [-0.25, -0.2) is 8.42 Å². The molecule has 2 aromatic carbocycles. The van der Waals surface area contributed by atoms with Gasteiger partial charge >= 0.3 is 0 Å². The second-order valence-corrected chi connectivity index (χ2v) is 11.2. The number of nitrogens with zero attached hydrogens (tertiary/aromatic N) is 3. The molecule has 0 atom stereocenters. The third kappa shape index (κ3) is 7.78. The minimum atomic E-state index is -3.72. The standard InChI is InChI=1S/C28H40N4O5S/c1-4-7-17-30(20-23-12-9-8-10-13-23)18-11-16-29-27(33)21-32-25-19-24(38(35,36)31(5-2)6-3)14-15-26(25)37-22-28(32)34/h8-10,12-15,19H,4-7,11,16-18,20-22H2,1-3H3,(H,29,33). The zero-order valence-corrected chi connectivity index (χ0v) is 23.5. The predicted octanol–water partition coefficient (Wildman–Crippen LogP) is 3.25. The Morgan fingerprint density at radius 1 is 1.03 bits per heavy atom. The predicted molar refractivity (Wildman–Crippen MR) is 149 cm³/mol. The molecule has 1 aliphatic rings. The Bertz CT molecular complexity index is 1170. The molecule has 0 saturated heterocycles. The average molecular weight is 545 g/mol. The fourth-order valence-corrected chi connectivity index (χ4v) is 5.93. The van der Waals surface area contributed by atoms with Crippen LogP contribution in [0.25, 0.3) is 0 Å². The molecule has 0 radical (unpaired) electrons. The molecular weight excluding hydrogens is 504 g/mol. The number of ether oxygens (including phenoxy) is 1. The molecule has 2 amide bonds. The maximum absolute atomic E-state index is 13.0. The van der Waals surface area contributed by atoms with E-state index in [1.165, 1.54) is 26.9 Å². The normalized spacial score (nSPS) is 13.5. The van der Waals surface area contributed by atoms with Gasteiger partial charge in [-0.15, -0.1) is 0 Å². The number of hydrogen-bond donors (Lipinski definition) is 1. The van der Waals surface area contributed by atoms with Crippen molar-refractivity contribution in [3.8, 4) is 5.75 Å². The highest BCUT2D eigenvalue weighted by Crippen LogP contribution is 2.34. The number of fused-ring (bicyclic) bond motifs is 1. The van der Waals surface area contributed by atoms with Gasteiger partial charge in [0, 0.05) is 32.7 Å². The van der Waals surface area contributed by atoms with Crippen LogP contribution < -0.4 is 15.0 Å². The first kappa shape index (κ1) is 29.6. The lowest BCUT2D eigenvalue weighted by Gasteiger charge is -2.30. The van der Waals surface area contributed by atoms with E-state index in [4.69, 9.17) is 4.74 Å². The highest BCUT2D eigenvalue weighted by molar-refractivity contribution is 7.89. The molecule has 0 spiro atoms. The summed E-state index contributed by atoms with van der Waals surface area (Å²) in [6, 6.07) is 14.8. The van der Waals surface area contributed by atoms with Crippen LogP contribution in [-0.2, 0) is 26.2 Å². The molecule has 0 unspecified atom stereocenters. The van der Waals surface area contributed by atoms with Crippen LogP contribution in [0.15, 0.2) is 53.4 Å². The van der Waals surface area contributed by atoms with Crippen LogP contribution in [-0.4, -0.2) is 75.3 Å². The van der Waals surface area contributed by atoms with E-state index in [-0.39, 0.29) is 24.0 Å². The van der Waals surface area contributed by atoms with Crippen LogP contribution in [0.5, 0.6) is 5.75 Å². The van der Waals surface area contributed by atoms with E-state index < -0.39 is 15.9 Å². The molecular formula is C28H40N4O5S. The zero-order chi connectivity index (χ0) is 27.5. The summed E-state index contributed by atoms with van der Waals surface area (Å²) in [5.41, 5.74) is 1.55. The lowest BCUT2D eigenvalue weighted by molar-refractivity contribution is -0.125. The molecule has 1 heterocycles. The van der Waals surface area contributed by atoms with Gasteiger partial charge in [-0.2, -0.15) is 4.31 Å². The van der Waals surface area contributed by atoms with E-state index in [1.54, 1.807) is 19.9 Å². The Balaban J connectivity index is 1.60. The molecule has 0 bridgehead atoms. The number of unbranched alkanes of at least 4 members (excludes halogenated alkanes) is 1. The van der Waals surface area contributed by atoms with Crippen LogP contribution in [0.3, 0.4) is 0 Å². The number of amides is 2. The van der Waals surface area contributed by atoms with Gasteiger partial charge in [0.1, 0.15) is 12.3 Å². The van der Waals surface area contributed by atoms with Crippen molar-refractivity contribution >= 4 is 27.5 Å². The molecule has 9 nitrogen and oxygen atoms in total. The zero-order valence-electron chi connectivity index (χ0n) is 22.7. The van der Waals surface area contributed by atoms with Gasteiger partial charge in [0.25, 0.3) is 5.91 Å². The van der Waals surface area contributed by atoms with E-state index in [2.05, 4.69) is 29.3 Å². The number of nitrogens with one attached hydrogen (secondary N) is 1. The first-order valence-electron chi connectivity index (χ1n) is 13.4. The SMILES string of the molecule is CCCCN(CCCNC(=O)CN1C(=O)COc2ccc(S(=O)(=O)N(CC)CC)cc21)Cc1ccccc1. The molecule has 0 aromatic heterocycles. The van der Waals surface area contributed by atoms with Crippen LogP contribution >= 0.6 is 0 Å². The molecule has 0 fully saturated rings. The third-order valence-electron chi connectivity index (χ3n) is 6.57. The van der Waals surface area contributed by atoms with Crippen molar-refractivity contribution in [1.82, 2.24) is 14.5 Å². The summed E-state index contributed by atoms with van der Waals surface area (Å²) < 4.78 is 32.8. The minimum absolute atomic E-state index is 0.0641. The van der Waals surface area contributed by atoms with Gasteiger partial charge in [0.05, 0.1) is 10.6 Å². The molecule has 1 aliphatic heterocycles. The van der Waals surface area contributed by atoms with Gasteiger partial charge in [-0.05, 0) is 43.1 Å². The maximum Gasteiger partial charge on any atom is 0.265 e. The minimum Gasteiger partial charge on any atom is -0.482 e. The highest BCUT2D eigenvalue weighted by atomic mass is 32.2. The van der Waals surface area contributed by atoms with E-state index >= 15 is 0 Å². The number of rotatable bonds is 15. The van der Waals surface area contributed by atoms with Crippen molar-refractivity contribution in [2.45, 2.75) is 51.5 Å².